The molecule has 0 bridgehead atoms. The lowest BCUT2D eigenvalue weighted by atomic mass is 10.0. The van der Waals surface area contributed by atoms with Crippen molar-refractivity contribution >= 4 is 11.6 Å². The summed E-state index contributed by atoms with van der Waals surface area (Å²) in [5.74, 6) is -0.00815. The molecule has 1 aliphatic heterocycles. The van der Waals surface area contributed by atoms with Crippen molar-refractivity contribution in [2.24, 2.45) is 0 Å². The zero-order valence-corrected chi connectivity index (χ0v) is 9.99. The zero-order chi connectivity index (χ0) is 12.3. The Balaban J connectivity index is 2.16. The van der Waals surface area contributed by atoms with E-state index in [1.807, 2.05) is 12.1 Å². The maximum absolute atomic E-state index is 11.8. The number of hydrogen-bond acceptors (Lipinski definition) is 3. The average molecular weight is 234 g/mol. The van der Waals surface area contributed by atoms with Gasteiger partial charge in [0.1, 0.15) is 6.04 Å². The quantitative estimate of drug-likeness (QED) is 0.671. The summed E-state index contributed by atoms with van der Waals surface area (Å²) in [7, 11) is 0. The van der Waals surface area contributed by atoms with E-state index in [1.165, 1.54) is 5.56 Å². The fourth-order valence-electron chi connectivity index (χ4n) is 2.06. The van der Waals surface area contributed by atoms with Crippen LogP contribution >= 0.6 is 0 Å². The first-order valence-electron chi connectivity index (χ1n) is 6.04. The summed E-state index contributed by atoms with van der Waals surface area (Å²) < 4.78 is 0. The van der Waals surface area contributed by atoms with Crippen molar-refractivity contribution in [1.82, 2.24) is 5.32 Å². The molecule has 1 atom stereocenters. The van der Waals surface area contributed by atoms with Crippen molar-refractivity contribution in [3.63, 3.8) is 0 Å². The third-order valence-corrected chi connectivity index (χ3v) is 3.04. The molecule has 1 amide bonds. The lowest BCUT2D eigenvalue weighted by molar-refractivity contribution is -0.117. The van der Waals surface area contributed by atoms with Crippen LogP contribution in [0, 0.1) is 0 Å². The van der Waals surface area contributed by atoms with Crippen molar-refractivity contribution in [2.75, 3.05) is 18.5 Å². The summed E-state index contributed by atoms with van der Waals surface area (Å²) in [6, 6.07) is 5.79. The molecule has 0 saturated heterocycles. The maximum atomic E-state index is 11.8. The van der Waals surface area contributed by atoms with Gasteiger partial charge in [-0.2, -0.15) is 0 Å². The molecule has 1 aromatic rings. The first-order chi connectivity index (χ1) is 8.26. The summed E-state index contributed by atoms with van der Waals surface area (Å²) in [4.78, 5) is 11.8. The molecule has 3 N–H and O–H groups in total. The second kappa shape index (κ2) is 5.29. The molecule has 0 aromatic heterocycles. The second-order valence-electron chi connectivity index (χ2n) is 4.23. The summed E-state index contributed by atoms with van der Waals surface area (Å²) >= 11 is 0. The molecule has 0 fully saturated rings. The Morgan fingerprint density at radius 3 is 3.00 bits per heavy atom. The lowest BCUT2D eigenvalue weighted by Gasteiger charge is -2.11. The first-order valence-corrected chi connectivity index (χ1v) is 6.04. The number of carbonyl (C=O) groups is 1. The predicted octanol–water partition coefficient (Wildman–Crippen LogP) is 1.21. The van der Waals surface area contributed by atoms with Crippen LogP contribution in [0.25, 0.3) is 0 Å². The fraction of sp³-hybridized carbons (Fsp3) is 0.462. The third kappa shape index (κ3) is 2.48. The lowest BCUT2D eigenvalue weighted by Crippen LogP contribution is -2.28. The molecule has 17 heavy (non-hydrogen) atoms. The van der Waals surface area contributed by atoms with E-state index in [2.05, 4.69) is 23.6 Å². The molecule has 4 nitrogen and oxygen atoms in total. The number of aliphatic hydroxyl groups excluding tert-OH is 1. The highest BCUT2D eigenvalue weighted by Crippen LogP contribution is 2.31. The van der Waals surface area contributed by atoms with Gasteiger partial charge >= 0.3 is 0 Å². The third-order valence-electron chi connectivity index (χ3n) is 3.04. The minimum absolute atomic E-state index is 0.00815. The Hall–Kier alpha value is -1.39. The maximum Gasteiger partial charge on any atom is 0.246 e. The Bertz CT molecular complexity index is 418. The monoisotopic (exact) mass is 234 g/mol. The first kappa shape index (κ1) is 12.1. The minimum Gasteiger partial charge on any atom is -0.396 e. The second-order valence-corrected chi connectivity index (χ2v) is 4.23. The fourth-order valence-corrected chi connectivity index (χ4v) is 2.06. The molecule has 1 aliphatic rings. The van der Waals surface area contributed by atoms with Crippen molar-refractivity contribution in [3.8, 4) is 0 Å². The van der Waals surface area contributed by atoms with Gasteiger partial charge < -0.3 is 15.7 Å². The molecule has 1 unspecified atom stereocenters. The number of anilines is 1. The van der Waals surface area contributed by atoms with Crippen LogP contribution in [0.3, 0.4) is 0 Å². The summed E-state index contributed by atoms with van der Waals surface area (Å²) in [5.41, 5.74) is 3.15. The standard InChI is InChI=1S/C13H18N2O2/c1-2-9-4-5-11-10(8-9)12(13(17)15-11)14-6-3-7-16/h4-5,8,12,14,16H,2-3,6-7H2,1H3,(H,15,17). The van der Waals surface area contributed by atoms with Gasteiger partial charge in [0.15, 0.2) is 0 Å². The van der Waals surface area contributed by atoms with E-state index in [1.54, 1.807) is 0 Å². The number of aryl methyl sites for hydroxylation is 1. The van der Waals surface area contributed by atoms with Gasteiger partial charge in [0.25, 0.3) is 0 Å². The largest absolute Gasteiger partial charge is 0.396 e. The van der Waals surface area contributed by atoms with Crippen LogP contribution in [0.1, 0.15) is 30.5 Å². The van der Waals surface area contributed by atoms with E-state index < -0.39 is 0 Å². The molecule has 1 heterocycles. The Morgan fingerprint density at radius 1 is 1.47 bits per heavy atom. The molecule has 1 aromatic carbocycles. The smallest absolute Gasteiger partial charge is 0.246 e. The number of rotatable bonds is 5. The van der Waals surface area contributed by atoms with Gasteiger partial charge in [-0.1, -0.05) is 19.1 Å². The highest BCUT2D eigenvalue weighted by Gasteiger charge is 2.29. The van der Waals surface area contributed by atoms with Crippen LogP contribution in [-0.4, -0.2) is 24.2 Å². The molecular weight excluding hydrogens is 216 g/mol. The molecule has 4 heteroatoms. The van der Waals surface area contributed by atoms with Crippen LogP contribution in [-0.2, 0) is 11.2 Å². The van der Waals surface area contributed by atoms with E-state index in [9.17, 15) is 4.79 Å². The van der Waals surface area contributed by atoms with Gasteiger partial charge in [-0.25, -0.2) is 0 Å². The molecule has 0 radical (unpaired) electrons. The summed E-state index contributed by atoms with van der Waals surface area (Å²) in [6.07, 6.45) is 1.62. The van der Waals surface area contributed by atoms with E-state index in [0.29, 0.717) is 13.0 Å². The molecule has 2 rings (SSSR count). The van der Waals surface area contributed by atoms with Gasteiger partial charge in [-0.3, -0.25) is 4.79 Å². The minimum atomic E-state index is -0.275. The van der Waals surface area contributed by atoms with Crippen LogP contribution in [0.15, 0.2) is 18.2 Å². The molecular formula is C13H18N2O2. The van der Waals surface area contributed by atoms with Crippen molar-refractivity contribution < 1.29 is 9.90 Å². The molecule has 0 spiro atoms. The zero-order valence-electron chi connectivity index (χ0n) is 9.99. The number of hydrogen-bond donors (Lipinski definition) is 3. The summed E-state index contributed by atoms with van der Waals surface area (Å²) in [6.45, 7) is 2.88. The van der Waals surface area contributed by atoms with E-state index in [4.69, 9.17) is 5.11 Å². The van der Waals surface area contributed by atoms with Crippen molar-refractivity contribution in [3.05, 3.63) is 29.3 Å². The topological polar surface area (TPSA) is 61.4 Å². The van der Waals surface area contributed by atoms with E-state index >= 15 is 0 Å². The number of carbonyl (C=O) groups excluding carboxylic acids is 1. The molecule has 0 saturated carbocycles. The Labute approximate surface area is 101 Å². The Morgan fingerprint density at radius 2 is 2.29 bits per heavy atom. The highest BCUT2D eigenvalue weighted by atomic mass is 16.3. The Kier molecular flexibility index (Phi) is 3.76. The predicted molar refractivity (Wildman–Crippen MR) is 66.9 cm³/mol. The van der Waals surface area contributed by atoms with Crippen LogP contribution in [0.5, 0.6) is 0 Å². The van der Waals surface area contributed by atoms with Crippen molar-refractivity contribution in [2.45, 2.75) is 25.8 Å². The van der Waals surface area contributed by atoms with Crippen molar-refractivity contribution in [1.29, 1.82) is 0 Å². The van der Waals surface area contributed by atoms with Crippen LogP contribution in [0.4, 0.5) is 5.69 Å². The van der Waals surface area contributed by atoms with E-state index in [-0.39, 0.29) is 18.6 Å². The van der Waals surface area contributed by atoms with Crippen LogP contribution in [0.2, 0.25) is 0 Å². The van der Waals surface area contributed by atoms with Gasteiger partial charge in [-0.15, -0.1) is 0 Å². The van der Waals surface area contributed by atoms with Gasteiger partial charge in [0, 0.05) is 17.9 Å². The number of aliphatic hydroxyl groups is 1. The molecule has 0 aliphatic carbocycles. The number of nitrogens with one attached hydrogen (secondary N) is 2. The van der Waals surface area contributed by atoms with Gasteiger partial charge in [0.05, 0.1) is 0 Å². The normalized spacial score (nSPS) is 18.0. The average Bonchev–Trinajstić information content (AvgIpc) is 2.65. The van der Waals surface area contributed by atoms with Crippen LogP contribution < -0.4 is 10.6 Å². The SMILES string of the molecule is CCc1ccc2c(c1)C(NCCCO)C(=O)N2. The number of amides is 1. The highest BCUT2D eigenvalue weighted by molar-refractivity contribution is 6.02. The van der Waals surface area contributed by atoms with Gasteiger partial charge in [0.2, 0.25) is 5.91 Å². The van der Waals surface area contributed by atoms with Gasteiger partial charge in [-0.05, 0) is 31.0 Å². The number of benzene rings is 1. The summed E-state index contributed by atoms with van der Waals surface area (Å²) in [5, 5.41) is 14.8. The van der Waals surface area contributed by atoms with E-state index in [0.717, 1.165) is 17.7 Å². The number of fused-ring (bicyclic) bond motifs is 1. The molecule has 92 valence electrons.